The first-order valence-corrected chi connectivity index (χ1v) is 11.3. The number of nitrogens with zero attached hydrogens (tertiary/aromatic N) is 4. The van der Waals surface area contributed by atoms with Crippen molar-refractivity contribution < 1.29 is 4.79 Å². The number of aromatic nitrogens is 4. The number of hydrogen-bond donors (Lipinski definition) is 1. The van der Waals surface area contributed by atoms with E-state index in [9.17, 15) is 14.4 Å². The van der Waals surface area contributed by atoms with Crippen LogP contribution < -0.4 is 11.2 Å². The minimum Gasteiger partial charge on any atom is -0.344 e. The van der Waals surface area contributed by atoms with E-state index in [0.717, 1.165) is 42.8 Å². The van der Waals surface area contributed by atoms with Gasteiger partial charge in [-0.05, 0) is 56.3 Å². The maximum absolute atomic E-state index is 13.1. The van der Waals surface area contributed by atoms with Crippen molar-refractivity contribution in [1.82, 2.24) is 24.0 Å². The van der Waals surface area contributed by atoms with Gasteiger partial charge in [-0.1, -0.05) is 6.92 Å². The molecular formula is C22H31N5O3. The number of hydrogen-bond acceptors (Lipinski definition) is 4. The lowest BCUT2D eigenvalue weighted by Gasteiger charge is -2.36. The maximum Gasteiger partial charge on any atom is 0.332 e. The number of nitrogens with one attached hydrogen (secondary N) is 1. The Morgan fingerprint density at radius 2 is 1.87 bits per heavy atom. The smallest absolute Gasteiger partial charge is 0.332 e. The van der Waals surface area contributed by atoms with E-state index in [-0.39, 0.29) is 22.6 Å². The zero-order valence-electron chi connectivity index (χ0n) is 18.1. The van der Waals surface area contributed by atoms with Crippen LogP contribution in [0.4, 0.5) is 0 Å². The monoisotopic (exact) mass is 413 g/mol. The molecule has 2 aromatic rings. The van der Waals surface area contributed by atoms with Crippen LogP contribution in [-0.2, 0) is 23.3 Å². The SMILES string of the molecule is CCCn1c(=O)c2[nH]c(C34CC5CC(C3)C(C5)C4)nc2n(CCN(C)C(C)=O)c1=O. The average Bonchev–Trinajstić information content (AvgIpc) is 3.34. The number of carbonyl (C=O) groups is 1. The fourth-order valence-electron chi connectivity index (χ4n) is 6.55. The highest BCUT2D eigenvalue weighted by atomic mass is 16.2. The Balaban J connectivity index is 1.62. The molecule has 4 aliphatic carbocycles. The predicted molar refractivity (Wildman–Crippen MR) is 113 cm³/mol. The molecule has 4 fully saturated rings. The van der Waals surface area contributed by atoms with E-state index in [2.05, 4.69) is 4.98 Å². The second-order valence-corrected chi connectivity index (χ2v) is 9.87. The third-order valence-electron chi connectivity index (χ3n) is 7.93. The third kappa shape index (κ3) is 2.79. The first-order chi connectivity index (χ1) is 14.3. The van der Waals surface area contributed by atoms with Crippen molar-refractivity contribution in [3.05, 3.63) is 26.7 Å². The summed E-state index contributed by atoms with van der Waals surface area (Å²) in [6, 6.07) is 0. The Morgan fingerprint density at radius 1 is 1.17 bits per heavy atom. The van der Waals surface area contributed by atoms with Crippen molar-refractivity contribution in [3.63, 3.8) is 0 Å². The van der Waals surface area contributed by atoms with E-state index in [1.165, 1.54) is 24.3 Å². The molecule has 2 heterocycles. The van der Waals surface area contributed by atoms with Gasteiger partial charge in [0.05, 0.1) is 0 Å². The molecule has 1 amide bonds. The fraction of sp³-hybridized carbons (Fsp3) is 0.727. The summed E-state index contributed by atoms with van der Waals surface area (Å²) in [4.78, 5) is 47.8. The first kappa shape index (κ1) is 19.6. The summed E-state index contributed by atoms with van der Waals surface area (Å²) in [6.07, 6.45) is 6.82. The Kier molecular flexibility index (Phi) is 4.45. The highest BCUT2D eigenvalue weighted by molar-refractivity contribution is 5.73. The largest absolute Gasteiger partial charge is 0.344 e. The van der Waals surface area contributed by atoms with Gasteiger partial charge in [-0.3, -0.25) is 18.7 Å². The Morgan fingerprint density at radius 3 is 2.47 bits per heavy atom. The standard InChI is InChI=1S/C22H31N5O3/c1-4-5-27-19(29)17-18(26(21(27)30)7-6-25(3)13(2)28)24-20(23-17)22-10-14-8-15(11-22)16(9-14)12-22/h14-16H,4-12H2,1-3H3,(H,23,24). The lowest BCUT2D eigenvalue weighted by atomic mass is 9.69. The number of fused-ring (bicyclic) bond motifs is 1. The molecule has 8 heteroatoms. The van der Waals surface area contributed by atoms with Gasteiger partial charge in [0, 0.05) is 39.0 Å². The molecule has 0 radical (unpaired) electrons. The summed E-state index contributed by atoms with van der Waals surface area (Å²) >= 11 is 0. The van der Waals surface area contributed by atoms with Crippen molar-refractivity contribution in [2.75, 3.05) is 13.6 Å². The van der Waals surface area contributed by atoms with Crippen molar-refractivity contribution in [2.45, 2.75) is 70.9 Å². The van der Waals surface area contributed by atoms with Crippen LogP contribution >= 0.6 is 0 Å². The topological polar surface area (TPSA) is 93.0 Å². The highest BCUT2D eigenvalue weighted by Gasteiger charge is 2.57. The summed E-state index contributed by atoms with van der Waals surface area (Å²) < 4.78 is 2.89. The van der Waals surface area contributed by atoms with Crippen molar-refractivity contribution >= 4 is 17.1 Å². The lowest BCUT2D eigenvalue weighted by molar-refractivity contribution is -0.127. The molecule has 0 aromatic carbocycles. The second-order valence-electron chi connectivity index (χ2n) is 9.87. The number of rotatable bonds is 6. The number of carbonyl (C=O) groups excluding carboxylic acids is 1. The highest BCUT2D eigenvalue weighted by Crippen LogP contribution is 2.64. The predicted octanol–water partition coefficient (Wildman–Crippen LogP) is 1.85. The Bertz CT molecular complexity index is 1110. The second kappa shape index (κ2) is 6.82. The van der Waals surface area contributed by atoms with E-state index < -0.39 is 0 Å². The minimum atomic E-state index is -0.336. The van der Waals surface area contributed by atoms with Crippen LogP contribution in [0.2, 0.25) is 0 Å². The molecule has 0 aliphatic heterocycles. The van der Waals surface area contributed by atoms with E-state index in [0.29, 0.717) is 37.2 Å². The van der Waals surface area contributed by atoms with E-state index in [1.807, 2.05) is 6.92 Å². The number of H-pyrrole nitrogens is 1. The minimum absolute atomic E-state index is 0.0363. The molecule has 8 nitrogen and oxygen atoms in total. The van der Waals surface area contributed by atoms with Gasteiger partial charge in [-0.2, -0.15) is 0 Å². The van der Waals surface area contributed by atoms with Crippen molar-refractivity contribution in [2.24, 2.45) is 17.8 Å². The Labute approximate surface area is 175 Å². The molecular weight excluding hydrogens is 382 g/mol. The van der Waals surface area contributed by atoms with Crippen LogP contribution in [0.15, 0.2) is 9.59 Å². The van der Waals surface area contributed by atoms with Crippen LogP contribution in [0, 0.1) is 17.8 Å². The van der Waals surface area contributed by atoms with Gasteiger partial charge in [-0.25, -0.2) is 9.78 Å². The molecule has 4 aliphatic rings. The van der Waals surface area contributed by atoms with Crippen LogP contribution in [-0.4, -0.2) is 43.5 Å². The van der Waals surface area contributed by atoms with Gasteiger partial charge in [0.1, 0.15) is 11.3 Å². The van der Waals surface area contributed by atoms with Crippen LogP contribution in [0.3, 0.4) is 0 Å². The molecule has 6 rings (SSSR count). The average molecular weight is 414 g/mol. The molecule has 1 N–H and O–H groups in total. The molecule has 4 saturated carbocycles. The maximum atomic E-state index is 13.1. The van der Waals surface area contributed by atoms with Crippen molar-refractivity contribution in [1.29, 1.82) is 0 Å². The van der Waals surface area contributed by atoms with Crippen LogP contribution in [0.1, 0.15) is 58.2 Å². The molecule has 4 bridgehead atoms. The molecule has 0 saturated heterocycles. The fourth-order valence-corrected chi connectivity index (χ4v) is 6.55. The molecule has 0 spiro atoms. The van der Waals surface area contributed by atoms with Gasteiger partial charge >= 0.3 is 5.69 Å². The zero-order chi connectivity index (χ0) is 21.2. The summed E-state index contributed by atoms with van der Waals surface area (Å²) in [6.45, 7) is 4.55. The van der Waals surface area contributed by atoms with Crippen LogP contribution in [0.5, 0.6) is 0 Å². The number of aromatic amines is 1. The molecule has 2 aromatic heterocycles. The van der Waals surface area contributed by atoms with Crippen LogP contribution in [0.25, 0.3) is 11.2 Å². The zero-order valence-corrected chi connectivity index (χ0v) is 18.1. The van der Waals surface area contributed by atoms with E-state index in [4.69, 9.17) is 4.98 Å². The van der Waals surface area contributed by atoms with E-state index in [1.54, 1.807) is 16.5 Å². The van der Waals surface area contributed by atoms with Crippen molar-refractivity contribution in [3.8, 4) is 0 Å². The summed E-state index contributed by atoms with van der Waals surface area (Å²) in [7, 11) is 1.72. The molecule has 2 atom stereocenters. The van der Waals surface area contributed by atoms with Gasteiger partial charge in [0.2, 0.25) is 5.91 Å². The number of amides is 1. The van der Waals surface area contributed by atoms with Gasteiger partial charge in [-0.15, -0.1) is 0 Å². The summed E-state index contributed by atoms with van der Waals surface area (Å²) in [5.74, 6) is 3.20. The summed E-state index contributed by atoms with van der Waals surface area (Å²) in [5, 5.41) is 0. The van der Waals surface area contributed by atoms with Gasteiger partial charge < -0.3 is 9.88 Å². The first-order valence-electron chi connectivity index (χ1n) is 11.3. The third-order valence-corrected chi connectivity index (χ3v) is 7.93. The number of imidazole rings is 1. The Hall–Kier alpha value is -2.38. The molecule has 30 heavy (non-hydrogen) atoms. The quantitative estimate of drug-likeness (QED) is 0.782. The lowest BCUT2D eigenvalue weighted by Crippen LogP contribution is -2.42. The summed E-state index contributed by atoms with van der Waals surface area (Å²) in [5.41, 5.74) is 0.299. The molecule has 2 unspecified atom stereocenters. The number of likely N-dealkylation sites (N-methyl/N-ethyl adjacent to an activating group) is 1. The van der Waals surface area contributed by atoms with Gasteiger partial charge in [0.15, 0.2) is 5.65 Å². The van der Waals surface area contributed by atoms with Gasteiger partial charge in [0.25, 0.3) is 5.56 Å². The molecule has 162 valence electrons. The van der Waals surface area contributed by atoms with E-state index >= 15 is 0 Å². The normalized spacial score (nSPS) is 29.2.